The third-order valence-electron chi connectivity index (χ3n) is 2.07. The van der Waals surface area contributed by atoms with Crippen LogP contribution in [0.1, 0.15) is 19.4 Å². The molecule has 1 saturated heterocycles. The molecule has 1 N–H and O–H groups in total. The lowest BCUT2D eigenvalue weighted by molar-refractivity contribution is 0.142. The molecule has 1 fully saturated rings. The number of aryl methyl sites for hydroxylation is 1. The van der Waals surface area contributed by atoms with Crippen molar-refractivity contribution in [3.8, 4) is 5.75 Å². The lowest BCUT2D eigenvalue weighted by Crippen LogP contribution is -2.50. The van der Waals surface area contributed by atoms with Crippen molar-refractivity contribution < 1.29 is 4.74 Å². The number of rotatable bonds is 2. The van der Waals surface area contributed by atoms with Gasteiger partial charge in [0.05, 0.1) is 0 Å². The Bertz CT molecular complexity index is 252. The zero-order chi connectivity index (χ0) is 10.4. The summed E-state index contributed by atoms with van der Waals surface area (Å²) in [5, 5.41) is 3.17. The Labute approximate surface area is 86.3 Å². The van der Waals surface area contributed by atoms with Gasteiger partial charge in [0.15, 0.2) is 0 Å². The summed E-state index contributed by atoms with van der Waals surface area (Å²) in [6.07, 6.45) is 0.382. The molecular weight excluding hydrogens is 174 g/mol. The maximum absolute atomic E-state index is 5.64. The van der Waals surface area contributed by atoms with E-state index in [4.69, 9.17) is 4.74 Å². The van der Waals surface area contributed by atoms with E-state index in [1.807, 2.05) is 26.0 Å². The predicted octanol–water partition coefficient (Wildman–Crippen LogP) is 2.37. The van der Waals surface area contributed by atoms with Gasteiger partial charge in [-0.1, -0.05) is 31.5 Å². The standard InChI is InChI=1S/C10H13NO.C2H6/c1-8-2-4-9(5-3-8)12-10-6-11-7-10;1-2/h2-5,10-11H,6-7H2,1H3;1-2H3. The van der Waals surface area contributed by atoms with Crippen LogP contribution in [0.25, 0.3) is 0 Å². The SMILES string of the molecule is CC.Cc1ccc(OC2CNC2)cc1. The molecule has 0 spiro atoms. The van der Waals surface area contributed by atoms with Gasteiger partial charge in [-0.25, -0.2) is 0 Å². The van der Waals surface area contributed by atoms with Gasteiger partial charge in [-0.3, -0.25) is 0 Å². The van der Waals surface area contributed by atoms with Crippen LogP contribution in [0.15, 0.2) is 24.3 Å². The smallest absolute Gasteiger partial charge is 0.123 e. The van der Waals surface area contributed by atoms with E-state index in [0.717, 1.165) is 18.8 Å². The molecule has 1 heterocycles. The second kappa shape index (κ2) is 5.66. The van der Waals surface area contributed by atoms with Gasteiger partial charge >= 0.3 is 0 Å². The number of hydrogen-bond acceptors (Lipinski definition) is 2. The minimum absolute atomic E-state index is 0.382. The van der Waals surface area contributed by atoms with Crippen molar-refractivity contribution in [1.82, 2.24) is 5.32 Å². The fourth-order valence-corrected chi connectivity index (χ4v) is 1.15. The highest BCUT2D eigenvalue weighted by molar-refractivity contribution is 5.26. The molecule has 0 atom stereocenters. The first-order valence-electron chi connectivity index (χ1n) is 5.28. The Kier molecular flexibility index (Phi) is 4.47. The molecule has 2 rings (SSSR count). The monoisotopic (exact) mass is 193 g/mol. The second-order valence-corrected chi connectivity index (χ2v) is 3.21. The topological polar surface area (TPSA) is 21.3 Å². The highest BCUT2D eigenvalue weighted by atomic mass is 16.5. The van der Waals surface area contributed by atoms with Crippen LogP contribution in [0, 0.1) is 6.92 Å². The van der Waals surface area contributed by atoms with E-state index in [2.05, 4.69) is 24.4 Å². The van der Waals surface area contributed by atoms with Crippen molar-refractivity contribution in [3.63, 3.8) is 0 Å². The predicted molar refractivity (Wildman–Crippen MR) is 59.8 cm³/mol. The van der Waals surface area contributed by atoms with Crippen molar-refractivity contribution in [2.45, 2.75) is 26.9 Å². The summed E-state index contributed by atoms with van der Waals surface area (Å²) in [7, 11) is 0. The van der Waals surface area contributed by atoms with Crippen molar-refractivity contribution in [3.05, 3.63) is 29.8 Å². The molecule has 0 aromatic heterocycles. The minimum atomic E-state index is 0.382. The van der Waals surface area contributed by atoms with Crippen LogP contribution in [0.3, 0.4) is 0 Å². The van der Waals surface area contributed by atoms with Crippen LogP contribution in [-0.2, 0) is 0 Å². The highest BCUT2D eigenvalue weighted by Crippen LogP contribution is 2.14. The van der Waals surface area contributed by atoms with Crippen LogP contribution < -0.4 is 10.1 Å². The summed E-state index contributed by atoms with van der Waals surface area (Å²) in [4.78, 5) is 0. The Morgan fingerprint density at radius 1 is 1.14 bits per heavy atom. The normalized spacial score (nSPS) is 15.1. The van der Waals surface area contributed by atoms with Crippen LogP contribution in [0.5, 0.6) is 5.75 Å². The highest BCUT2D eigenvalue weighted by Gasteiger charge is 2.17. The third kappa shape index (κ3) is 3.04. The van der Waals surface area contributed by atoms with E-state index >= 15 is 0 Å². The fourth-order valence-electron chi connectivity index (χ4n) is 1.15. The molecule has 1 aromatic rings. The summed E-state index contributed by atoms with van der Waals surface area (Å²) >= 11 is 0. The van der Waals surface area contributed by atoms with Crippen LogP contribution in [0.4, 0.5) is 0 Å². The lowest BCUT2D eigenvalue weighted by Gasteiger charge is -2.27. The van der Waals surface area contributed by atoms with Gasteiger partial charge in [0.25, 0.3) is 0 Å². The van der Waals surface area contributed by atoms with Crippen molar-refractivity contribution in [2.24, 2.45) is 0 Å². The van der Waals surface area contributed by atoms with Gasteiger partial charge < -0.3 is 10.1 Å². The fraction of sp³-hybridized carbons (Fsp3) is 0.500. The molecule has 14 heavy (non-hydrogen) atoms. The Balaban J connectivity index is 0.000000461. The van der Waals surface area contributed by atoms with Gasteiger partial charge in [-0.05, 0) is 19.1 Å². The zero-order valence-electron chi connectivity index (χ0n) is 9.21. The number of ether oxygens (including phenoxy) is 1. The molecule has 0 saturated carbocycles. The maximum Gasteiger partial charge on any atom is 0.123 e. The Morgan fingerprint density at radius 3 is 2.14 bits per heavy atom. The molecule has 0 bridgehead atoms. The quantitative estimate of drug-likeness (QED) is 0.778. The van der Waals surface area contributed by atoms with Gasteiger partial charge in [-0.15, -0.1) is 0 Å². The minimum Gasteiger partial charge on any atom is -0.488 e. The van der Waals surface area contributed by atoms with Crippen molar-refractivity contribution >= 4 is 0 Å². The number of hydrogen-bond donors (Lipinski definition) is 1. The van der Waals surface area contributed by atoms with Crippen molar-refractivity contribution in [2.75, 3.05) is 13.1 Å². The summed E-state index contributed by atoms with van der Waals surface area (Å²) in [5.74, 6) is 0.979. The molecule has 2 heteroatoms. The van der Waals surface area contributed by atoms with Crippen molar-refractivity contribution in [1.29, 1.82) is 0 Å². The van der Waals surface area contributed by atoms with E-state index in [0.29, 0.717) is 6.10 Å². The number of nitrogens with one attached hydrogen (secondary N) is 1. The molecule has 0 amide bonds. The first-order valence-corrected chi connectivity index (χ1v) is 5.28. The molecule has 0 radical (unpaired) electrons. The second-order valence-electron chi connectivity index (χ2n) is 3.21. The lowest BCUT2D eigenvalue weighted by atomic mass is 10.2. The van der Waals surface area contributed by atoms with Crippen LogP contribution >= 0.6 is 0 Å². The summed E-state index contributed by atoms with van der Waals surface area (Å²) in [6, 6.07) is 8.18. The first kappa shape index (κ1) is 11.1. The van der Waals surface area contributed by atoms with Gasteiger partial charge in [-0.2, -0.15) is 0 Å². The van der Waals surface area contributed by atoms with E-state index in [1.54, 1.807) is 0 Å². The summed E-state index contributed by atoms with van der Waals surface area (Å²) in [5.41, 5.74) is 1.27. The van der Waals surface area contributed by atoms with Gasteiger partial charge in [0.1, 0.15) is 11.9 Å². The van der Waals surface area contributed by atoms with Crippen LogP contribution in [0.2, 0.25) is 0 Å². The molecular formula is C12H19NO. The average molecular weight is 193 g/mol. The van der Waals surface area contributed by atoms with E-state index in [1.165, 1.54) is 5.56 Å². The summed E-state index contributed by atoms with van der Waals surface area (Å²) < 4.78 is 5.64. The number of benzene rings is 1. The molecule has 0 unspecified atom stereocenters. The first-order chi connectivity index (χ1) is 6.84. The molecule has 2 nitrogen and oxygen atoms in total. The van der Waals surface area contributed by atoms with Gasteiger partial charge in [0.2, 0.25) is 0 Å². The molecule has 1 aliphatic rings. The molecule has 1 aromatic carbocycles. The van der Waals surface area contributed by atoms with Crippen LogP contribution in [-0.4, -0.2) is 19.2 Å². The van der Waals surface area contributed by atoms with E-state index in [-0.39, 0.29) is 0 Å². The zero-order valence-corrected chi connectivity index (χ0v) is 9.21. The Morgan fingerprint density at radius 2 is 1.71 bits per heavy atom. The van der Waals surface area contributed by atoms with E-state index in [9.17, 15) is 0 Å². The molecule has 1 aliphatic heterocycles. The molecule has 78 valence electrons. The third-order valence-corrected chi connectivity index (χ3v) is 2.07. The maximum atomic E-state index is 5.64. The largest absolute Gasteiger partial charge is 0.488 e. The Hall–Kier alpha value is -1.02. The average Bonchev–Trinajstić information content (AvgIpc) is 2.17. The molecule has 0 aliphatic carbocycles. The summed E-state index contributed by atoms with van der Waals surface area (Å²) in [6.45, 7) is 8.04. The van der Waals surface area contributed by atoms with Gasteiger partial charge in [0, 0.05) is 13.1 Å². The van der Waals surface area contributed by atoms with E-state index < -0.39 is 0 Å².